The number of phenolic OH excluding ortho intramolecular Hbond substituents is 5. The highest BCUT2D eigenvalue weighted by Gasteiger charge is 2.32. The highest BCUT2D eigenvalue weighted by molar-refractivity contribution is 6.06. The van der Waals surface area contributed by atoms with Gasteiger partial charge in [-0.25, -0.2) is 0 Å². The Bertz CT molecular complexity index is 1150. The van der Waals surface area contributed by atoms with Gasteiger partial charge in [-0.3, -0.25) is 14.4 Å². The molecule has 0 amide bonds. The molecule has 9 nitrogen and oxygen atoms in total. The van der Waals surface area contributed by atoms with Crippen LogP contribution in [0.3, 0.4) is 0 Å². The van der Waals surface area contributed by atoms with Gasteiger partial charge >= 0.3 is 0 Å². The molecule has 5 N–H and O–H groups in total. The second-order valence-corrected chi connectivity index (χ2v) is 8.16. The van der Waals surface area contributed by atoms with Crippen molar-refractivity contribution in [3.8, 4) is 34.5 Å². The van der Waals surface area contributed by atoms with Gasteiger partial charge in [0.1, 0.15) is 45.6 Å². The molecule has 0 aromatic heterocycles. The summed E-state index contributed by atoms with van der Waals surface area (Å²) >= 11 is 0. The van der Waals surface area contributed by atoms with Crippen LogP contribution in [0.25, 0.3) is 0 Å². The van der Waals surface area contributed by atoms with E-state index >= 15 is 0 Å². The average Bonchev–Trinajstić information content (AvgIpc) is 2.80. The molecule has 184 valence electrons. The number of aldehydes is 1. The predicted octanol–water partition coefficient (Wildman–Crippen LogP) is 4.15. The highest BCUT2D eigenvalue weighted by atomic mass is 16.5. The predicted molar refractivity (Wildman–Crippen MR) is 124 cm³/mol. The van der Waals surface area contributed by atoms with Crippen LogP contribution < -0.4 is 4.74 Å². The Balaban J connectivity index is 2.87. The van der Waals surface area contributed by atoms with E-state index in [0.29, 0.717) is 12.8 Å². The number of aromatic hydroxyl groups is 5. The molecule has 2 rings (SSSR count). The van der Waals surface area contributed by atoms with Gasteiger partial charge in [0, 0.05) is 35.4 Å². The van der Waals surface area contributed by atoms with E-state index in [2.05, 4.69) is 0 Å². The number of rotatable bonds is 10. The molecule has 34 heavy (non-hydrogen) atoms. The lowest BCUT2D eigenvalue weighted by Gasteiger charge is -2.20. The van der Waals surface area contributed by atoms with Crippen LogP contribution in [-0.2, 0) is 6.42 Å². The minimum Gasteiger partial charge on any atom is -0.507 e. The van der Waals surface area contributed by atoms with Crippen LogP contribution in [0, 0.1) is 12.8 Å². The summed E-state index contributed by atoms with van der Waals surface area (Å²) in [5.74, 6) is -5.28. The van der Waals surface area contributed by atoms with E-state index in [-0.39, 0.29) is 40.7 Å². The molecular weight excluding hydrogens is 444 g/mol. The first-order valence-electron chi connectivity index (χ1n) is 10.9. The Morgan fingerprint density at radius 2 is 1.47 bits per heavy atom. The quantitative estimate of drug-likeness (QED) is 0.251. The lowest BCUT2D eigenvalue weighted by Crippen LogP contribution is -2.13. The number of benzene rings is 2. The fraction of sp³-hybridized carbons (Fsp3) is 0.400. The minimum atomic E-state index is -0.864. The summed E-state index contributed by atoms with van der Waals surface area (Å²) in [4.78, 5) is 37.1. The summed E-state index contributed by atoms with van der Waals surface area (Å²) in [5.41, 5.74) is -1.80. The molecule has 0 saturated carbocycles. The van der Waals surface area contributed by atoms with Crippen molar-refractivity contribution in [2.75, 3.05) is 7.11 Å². The molecule has 0 aliphatic carbocycles. The van der Waals surface area contributed by atoms with Crippen molar-refractivity contribution in [3.05, 3.63) is 33.4 Å². The van der Waals surface area contributed by atoms with Crippen LogP contribution in [0.15, 0.2) is 0 Å². The number of carbonyl (C=O) groups excluding carboxylic acids is 3. The van der Waals surface area contributed by atoms with Gasteiger partial charge in [0.15, 0.2) is 17.9 Å². The highest BCUT2D eigenvalue weighted by Crippen LogP contribution is 2.48. The summed E-state index contributed by atoms with van der Waals surface area (Å²) in [5, 5.41) is 53.6. The standard InChI is InChI=1S/C25H30O9/c1-6-8-16(27)17-22(31)13(20(29)12(4)25(17)34-5)9-14-21(30)15(10-26)24(33)18(23(14)32)19(28)11(3)7-2/h10-11,29-33H,6-9H2,1-5H3. The van der Waals surface area contributed by atoms with E-state index in [1.807, 2.05) is 0 Å². The lowest BCUT2D eigenvalue weighted by atomic mass is 9.88. The number of ketones is 2. The lowest BCUT2D eigenvalue weighted by molar-refractivity contribution is 0.0920. The first kappa shape index (κ1) is 26.5. The van der Waals surface area contributed by atoms with Crippen molar-refractivity contribution in [2.45, 2.75) is 53.4 Å². The molecule has 0 heterocycles. The van der Waals surface area contributed by atoms with Gasteiger partial charge in [-0.15, -0.1) is 0 Å². The largest absolute Gasteiger partial charge is 0.507 e. The Hall–Kier alpha value is -3.75. The third-order valence-corrected chi connectivity index (χ3v) is 6.02. The van der Waals surface area contributed by atoms with E-state index in [1.54, 1.807) is 20.8 Å². The van der Waals surface area contributed by atoms with E-state index in [4.69, 9.17) is 4.74 Å². The number of hydrogen-bond donors (Lipinski definition) is 5. The molecule has 0 spiro atoms. The number of ether oxygens (including phenoxy) is 1. The zero-order chi connectivity index (χ0) is 25.9. The normalized spacial score (nSPS) is 11.8. The second-order valence-electron chi connectivity index (χ2n) is 8.16. The molecule has 9 heteroatoms. The van der Waals surface area contributed by atoms with Crippen LogP contribution in [0.4, 0.5) is 0 Å². The fourth-order valence-electron chi connectivity index (χ4n) is 3.83. The maximum atomic E-state index is 12.8. The smallest absolute Gasteiger partial charge is 0.173 e. The monoisotopic (exact) mass is 474 g/mol. The molecule has 2 aromatic rings. The summed E-state index contributed by atoms with van der Waals surface area (Å²) < 4.78 is 5.24. The van der Waals surface area contributed by atoms with Crippen LogP contribution in [0.1, 0.15) is 87.8 Å². The second kappa shape index (κ2) is 10.5. The van der Waals surface area contributed by atoms with Crippen molar-refractivity contribution in [1.29, 1.82) is 0 Å². The van der Waals surface area contributed by atoms with Crippen LogP contribution >= 0.6 is 0 Å². The number of phenols is 5. The number of methoxy groups -OCH3 is 1. The number of Topliss-reactive ketones (excluding diaryl/α,β-unsaturated/α-hetero) is 2. The van der Waals surface area contributed by atoms with Crippen LogP contribution in [-0.4, -0.2) is 50.5 Å². The Morgan fingerprint density at radius 3 is 1.97 bits per heavy atom. The van der Waals surface area contributed by atoms with Crippen molar-refractivity contribution in [2.24, 2.45) is 5.92 Å². The third kappa shape index (κ3) is 4.37. The maximum Gasteiger partial charge on any atom is 0.173 e. The topological polar surface area (TPSA) is 162 Å². The van der Waals surface area contributed by atoms with Crippen molar-refractivity contribution in [3.63, 3.8) is 0 Å². The van der Waals surface area contributed by atoms with Gasteiger partial charge in [-0.05, 0) is 19.8 Å². The number of hydrogen-bond acceptors (Lipinski definition) is 9. The van der Waals surface area contributed by atoms with Gasteiger partial charge in [-0.2, -0.15) is 0 Å². The number of carbonyl (C=O) groups is 3. The molecule has 0 fully saturated rings. The Kier molecular flexibility index (Phi) is 8.15. The molecule has 0 saturated heterocycles. The SMILES string of the molecule is CCCC(=O)c1c(O)c(Cc2c(O)c(C=O)c(O)c(C(=O)C(C)CC)c2O)c(O)c(C)c1OC. The summed E-state index contributed by atoms with van der Waals surface area (Å²) in [7, 11) is 1.28. The Morgan fingerprint density at radius 1 is 0.912 bits per heavy atom. The van der Waals surface area contributed by atoms with Gasteiger partial charge in [0.05, 0.1) is 12.7 Å². The molecule has 1 unspecified atom stereocenters. The van der Waals surface area contributed by atoms with Gasteiger partial charge < -0.3 is 30.3 Å². The van der Waals surface area contributed by atoms with Crippen molar-refractivity contribution >= 4 is 17.9 Å². The van der Waals surface area contributed by atoms with E-state index in [9.17, 15) is 39.9 Å². The fourth-order valence-corrected chi connectivity index (χ4v) is 3.83. The minimum absolute atomic E-state index is 0.0161. The van der Waals surface area contributed by atoms with E-state index in [1.165, 1.54) is 14.0 Å². The molecule has 0 bridgehead atoms. The third-order valence-electron chi connectivity index (χ3n) is 6.02. The average molecular weight is 475 g/mol. The molecule has 0 radical (unpaired) electrons. The van der Waals surface area contributed by atoms with Crippen LogP contribution in [0.5, 0.6) is 34.5 Å². The van der Waals surface area contributed by atoms with Gasteiger partial charge in [0.25, 0.3) is 0 Å². The maximum absolute atomic E-state index is 12.8. The van der Waals surface area contributed by atoms with E-state index < -0.39 is 63.8 Å². The molecule has 0 aliphatic rings. The van der Waals surface area contributed by atoms with Gasteiger partial charge in [-0.1, -0.05) is 20.8 Å². The Labute approximate surface area is 197 Å². The van der Waals surface area contributed by atoms with Crippen LogP contribution in [0.2, 0.25) is 0 Å². The zero-order valence-corrected chi connectivity index (χ0v) is 19.9. The van der Waals surface area contributed by atoms with Crippen molar-refractivity contribution in [1.82, 2.24) is 0 Å². The first-order valence-corrected chi connectivity index (χ1v) is 10.9. The molecule has 2 aromatic carbocycles. The molecule has 0 aliphatic heterocycles. The molecular formula is C25H30O9. The first-order chi connectivity index (χ1) is 16.0. The summed E-state index contributed by atoms with van der Waals surface area (Å²) in [6, 6.07) is 0. The van der Waals surface area contributed by atoms with Crippen molar-refractivity contribution < 1.29 is 44.7 Å². The molecule has 1 atom stereocenters. The van der Waals surface area contributed by atoms with Gasteiger partial charge in [0.2, 0.25) is 0 Å². The summed E-state index contributed by atoms with van der Waals surface area (Å²) in [6.45, 7) is 6.54. The summed E-state index contributed by atoms with van der Waals surface area (Å²) in [6.07, 6.45) is 0.531. The zero-order valence-electron chi connectivity index (χ0n) is 19.9. The van der Waals surface area contributed by atoms with E-state index in [0.717, 1.165) is 0 Å².